The standard InChI is InChI=1S/C13H19N3O.ClH/c1-14-12-7-8-16(10-12)13(17)15-9-11-5-3-2-4-6-11;/h2-6,12,14H,7-10H2,1H3,(H,15,17);1H/t12-;/m1./s1. The van der Waals surface area contributed by atoms with Crippen molar-refractivity contribution in [2.45, 2.75) is 19.0 Å². The molecule has 1 aromatic rings. The van der Waals surface area contributed by atoms with Crippen LogP contribution in [0, 0.1) is 0 Å². The van der Waals surface area contributed by atoms with Gasteiger partial charge in [0.05, 0.1) is 0 Å². The van der Waals surface area contributed by atoms with Gasteiger partial charge in [-0.1, -0.05) is 30.3 Å². The highest BCUT2D eigenvalue weighted by molar-refractivity contribution is 5.85. The Morgan fingerprint density at radius 2 is 2.11 bits per heavy atom. The van der Waals surface area contributed by atoms with E-state index >= 15 is 0 Å². The van der Waals surface area contributed by atoms with Gasteiger partial charge in [-0.15, -0.1) is 12.4 Å². The third-order valence-corrected chi connectivity index (χ3v) is 3.17. The van der Waals surface area contributed by atoms with Crippen LogP contribution in [0.1, 0.15) is 12.0 Å². The maximum Gasteiger partial charge on any atom is 0.317 e. The minimum Gasteiger partial charge on any atom is -0.334 e. The number of carbonyl (C=O) groups is 1. The van der Waals surface area contributed by atoms with E-state index in [0.717, 1.165) is 25.1 Å². The summed E-state index contributed by atoms with van der Waals surface area (Å²) in [4.78, 5) is 13.7. The summed E-state index contributed by atoms with van der Waals surface area (Å²) in [6.07, 6.45) is 1.04. The number of nitrogens with one attached hydrogen (secondary N) is 2. The van der Waals surface area contributed by atoms with Gasteiger partial charge in [0.25, 0.3) is 0 Å². The van der Waals surface area contributed by atoms with Gasteiger partial charge >= 0.3 is 6.03 Å². The molecule has 2 amide bonds. The summed E-state index contributed by atoms with van der Waals surface area (Å²) in [5, 5.41) is 6.15. The van der Waals surface area contributed by atoms with Crippen LogP contribution in [0.15, 0.2) is 30.3 Å². The van der Waals surface area contributed by atoms with E-state index in [1.54, 1.807) is 0 Å². The van der Waals surface area contributed by atoms with E-state index in [0.29, 0.717) is 12.6 Å². The zero-order valence-corrected chi connectivity index (χ0v) is 11.4. The van der Waals surface area contributed by atoms with Gasteiger partial charge in [-0.25, -0.2) is 4.79 Å². The van der Waals surface area contributed by atoms with E-state index in [1.807, 2.05) is 42.3 Å². The van der Waals surface area contributed by atoms with Crippen LogP contribution in [-0.2, 0) is 6.54 Å². The van der Waals surface area contributed by atoms with Crippen molar-refractivity contribution in [2.75, 3.05) is 20.1 Å². The fourth-order valence-electron chi connectivity index (χ4n) is 2.07. The number of hydrogen-bond acceptors (Lipinski definition) is 2. The second-order valence-electron chi connectivity index (χ2n) is 4.36. The number of benzene rings is 1. The highest BCUT2D eigenvalue weighted by atomic mass is 35.5. The van der Waals surface area contributed by atoms with Gasteiger partial charge in [-0.3, -0.25) is 0 Å². The summed E-state index contributed by atoms with van der Waals surface area (Å²) in [5.74, 6) is 0. The molecule has 100 valence electrons. The zero-order valence-electron chi connectivity index (χ0n) is 10.6. The molecule has 1 fully saturated rings. The summed E-state index contributed by atoms with van der Waals surface area (Å²) in [5.41, 5.74) is 1.13. The van der Waals surface area contributed by atoms with Crippen molar-refractivity contribution < 1.29 is 4.79 Å². The first-order valence-corrected chi connectivity index (χ1v) is 6.03. The number of likely N-dealkylation sites (N-methyl/N-ethyl adjacent to an activating group) is 1. The van der Waals surface area contributed by atoms with Gasteiger partial charge in [0, 0.05) is 25.7 Å². The number of nitrogens with zero attached hydrogens (tertiary/aromatic N) is 1. The summed E-state index contributed by atoms with van der Waals surface area (Å²) in [7, 11) is 1.94. The Bertz CT molecular complexity index is 372. The average Bonchev–Trinajstić information content (AvgIpc) is 2.86. The Kier molecular flexibility index (Phi) is 5.95. The lowest BCUT2D eigenvalue weighted by Gasteiger charge is -2.17. The molecule has 4 nitrogen and oxygen atoms in total. The molecule has 0 bridgehead atoms. The lowest BCUT2D eigenvalue weighted by Crippen LogP contribution is -2.39. The quantitative estimate of drug-likeness (QED) is 0.876. The van der Waals surface area contributed by atoms with Crippen molar-refractivity contribution in [3.05, 3.63) is 35.9 Å². The lowest BCUT2D eigenvalue weighted by molar-refractivity contribution is 0.207. The molecule has 1 aliphatic rings. The normalized spacial score (nSPS) is 18.3. The van der Waals surface area contributed by atoms with E-state index in [9.17, 15) is 4.79 Å². The molecule has 0 aromatic heterocycles. The number of rotatable bonds is 3. The fourth-order valence-corrected chi connectivity index (χ4v) is 2.07. The molecule has 2 rings (SSSR count). The molecule has 1 atom stereocenters. The second-order valence-corrected chi connectivity index (χ2v) is 4.36. The molecule has 0 spiro atoms. The topological polar surface area (TPSA) is 44.4 Å². The van der Waals surface area contributed by atoms with Gasteiger partial charge in [-0.05, 0) is 19.0 Å². The minimum atomic E-state index is 0. The number of likely N-dealkylation sites (tertiary alicyclic amines) is 1. The molecule has 0 aliphatic carbocycles. The Morgan fingerprint density at radius 1 is 1.39 bits per heavy atom. The average molecular weight is 270 g/mol. The molecule has 1 aromatic carbocycles. The Morgan fingerprint density at radius 3 is 2.72 bits per heavy atom. The van der Waals surface area contributed by atoms with E-state index in [-0.39, 0.29) is 18.4 Å². The van der Waals surface area contributed by atoms with E-state index < -0.39 is 0 Å². The van der Waals surface area contributed by atoms with Crippen molar-refractivity contribution in [2.24, 2.45) is 0 Å². The van der Waals surface area contributed by atoms with Gasteiger partial charge in [0.1, 0.15) is 0 Å². The lowest BCUT2D eigenvalue weighted by atomic mass is 10.2. The first-order chi connectivity index (χ1) is 8.29. The first-order valence-electron chi connectivity index (χ1n) is 6.03. The van der Waals surface area contributed by atoms with Crippen molar-refractivity contribution in [1.82, 2.24) is 15.5 Å². The van der Waals surface area contributed by atoms with E-state index in [1.165, 1.54) is 0 Å². The number of carbonyl (C=O) groups excluding carboxylic acids is 1. The molecule has 0 saturated carbocycles. The molecule has 1 heterocycles. The van der Waals surface area contributed by atoms with Crippen molar-refractivity contribution >= 4 is 18.4 Å². The highest BCUT2D eigenvalue weighted by Gasteiger charge is 2.24. The first kappa shape index (κ1) is 14.8. The SMILES string of the molecule is CN[C@@H]1CCN(C(=O)NCc2ccccc2)C1.Cl. The van der Waals surface area contributed by atoms with Crippen molar-refractivity contribution in [3.8, 4) is 0 Å². The van der Waals surface area contributed by atoms with Crippen LogP contribution in [-0.4, -0.2) is 37.1 Å². The molecule has 5 heteroatoms. The van der Waals surface area contributed by atoms with Crippen molar-refractivity contribution in [1.29, 1.82) is 0 Å². The fraction of sp³-hybridized carbons (Fsp3) is 0.462. The van der Waals surface area contributed by atoms with Crippen LogP contribution in [0.3, 0.4) is 0 Å². The molecule has 0 unspecified atom stereocenters. The summed E-state index contributed by atoms with van der Waals surface area (Å²) < 4.78 is 0. The molecule has 0 radical (unpaired) electrons. The number of halogens is 1. The molecular formula is C13H20ClN3O. The molecule has 1 aliphatic heterocycles. The predicted octanol–water partition coefficient (Wildman–Crippen LogP) is 1.61. The summed E-state index contributed by atoms with van der Waals surface area (Å²) in [6.45, 7) is 2.24. The summed E-state index contributed by atoms with van der Waals surface area (Å²) >= 11 is 0. The van der Waals surface area contributed by atoms with Crippen LogP contribution >= 0.6 is 12.4 Å². The molecule has 18 heavy (non-hydrogen) atoms. The monoisotopic (exact) mass is 269 g/mol. The third kappa shape index (κ3) is 3.89. The number of amides is 2. The van der Waals surface area contributed by atoms with Gasteiger partial charge in [-0.2, -0.15) is 0 Å². The van der Waals surface area contributed by atoms with Crippen LogP contribution < -0.4 is 10.6 Å². The van der Waals surface area contributed by atoms with E-state index in [4.69, 9.17) is 0 Å². The highest BCUT2D eigenvalue weighted by Crippen LogP contribution is 2.08. The zero-order chi connectivity index (χ0) is 12.1. The third-order valence-electron chi connectivity index (χ3n) is 3.17. The Labute approximate surface area is 114 Å². The van der Waals surface area contributed by atoms with Gasteiger partial charge in [0.2, 0.25) is 0 Å². The van der Waals surface area contributed by atoms with Crippen LogP contribution in [0.25, 0.3) is 0 Å². The predicted molar refractivity (Wildman–Crippen MR) is 75.0 cm³/mol. The molecule has 1 saturated heterocycles. The number of hydrogen-bond donors (Lipinski definition) is 2. The molecular weight excluding hydrogens is 250 g/mol. The smallest absolute Gasteiger partial charge is 0.317 e. The minimum absolute atomic E-state index is 0. The molecule has 2 N–H and O–H groups in total. The van der Waals surface area contributed by atoms with Crippen LogP contribution in [0.4, 0.5) is 4.79 Å². The van der Waals surface area contributed by atoms with Crippen molar-refractivity contribution in [3.63, 3.8) is 0 Å². The van der Waals surface area contributed by atoms with Gasteiger partial charge in [0.15, 0.2) is 0 Å². The number of urea groups is 1. The second kappa shape index (κ2) is 7.24. The van der Waals surface area contributed by atoms with Crippen LogP contribution in [0.5, 0.6) is 0 Å². The Balaban J connectivity index is 0.00000162. The maximum absolute atomic E-state index is 11.9. The Hall–Kier alpha value is -1.26. The summed E-state index contributed by atoms with van der Waals surface area (Å²) in [6, 6.07) is 10.4. The van der Waals surface area contributed by atoms with Gasteiger partial charge < -0.3 is 15.5 Å². The van der Waals surface area contributed by atoms with E-state index in [2.05, 4.69) is 10.6 Å². The van der Waals surface area contributed by atoms with Crippen LogP contribution in [0.2, 0.25) is 0 Å². The maximum atomic E-state index is 11.9. The largest absolute Gasteiger partial charge is 0.334 e.